The average Bonchev–Trinajstić information content (AvgIpc) is 2.41. The Morgan fingerprint density at radius 3 is 2.48 bits per heavy atom. The van der Waals surface area contributed by atoms with Crippen LogP contribution in [0.2, 0.25) is 5.02 Å². The number of nitrogens with zero attached hydrogens (tertiary/aromatic N) is 1. The van der Waals surface area contributed by atoms with Crippen molar-refractivity contribution in [3.8, 4) is 11.5 Å². The highest BCUT2D eigenvalue weighted by Crippen LogP contribution is 2.36. The Morgan fingerprint density at radius 2 is 1.90 bits per heavy atom. The van der Waals surface area contributed by atoms with Crippen molar-refractivity contribution >= 4 is 17.3 Å². The molecule has 2 rings (SSSR count). The fourth-order valence-corrected chi connectivity index (χ4v) is 2.10. The van der Waals surface area contributed by atoms with Crippen LogP contribution in [0.3, 0.4) is 0 Å². The van der Waals surface area contributed by atoms with E-state index in [9.17, 15) is 15.2 Å². The summed E-state index contributed by atoms with van der Waals surface area (Å²) in [5, 5.41) is 21.0. The summed E-state index contributed by atoms with van der Waals surface area (Å²) in [5.41, 5.74) is 1.19. The molecule has 6 heteroatoms. The zero-order chi connectivity index (χ0) is 15.6. The molecule has 0 aromatic heterocycles. The first-order valence-corrected chi connectivity index (χ1v) is 6.66. The van der Waals surface area contributed by atoms with Gasteiger partial charge in [-0.15, -0.1) is 0 Å². The molecule has 0 amide bonds. The van der Waals surface area contributed by atoms with Crippen molar-refractivity contribution in [1.29, 1.82) is 0 Å². The lowest BCUT2D eigenvalue weighted by Gasteiger charge is -2.10. The molecule has 0 aliphatic carbocycles. The summed E-state index contributed by atoms with van der Waals surface area (Å²) in [4.78, 5) is 10.6. The van der Waals surface area contributed by atoms with Gasteiger partial charge in [0.25, 0.3) is 0 Å². The van der Waals surface area contributed by atoms with E-state index in [4.69, 9.17) is 16.3 Å². The van der Waals surface area contributed by atoms with Crippen LogP contribution < -0.4 is 4.74 Å². The fraction of sp³-hybridized carbons (Fsp3) is 0.200. The van der Waals surface area contributed by atoms with E-state index >= 15 is 0 Å². The van der Waals surface area contributed by atoms with Crippen molar-refractivity contribution in [3.63, 3.8) is 0 Å². The van der Waals surface area contributed by atoms with Gasteiger partial charge < -0.3 is 9.84 Å². The van der Waals surface area contributed by atoms with Crippen LogP contribution in [0.1, 0.15) is 24.2 Å². The molecule has 0 radical (unpaired) electrons. The number of hydrogen-bond acceptors (Lipinski definition) is 4. The predicted molar refractivity (Wildman–Crippen MR) is 80.0 cm³/mol. The number of halogens is 1. The van der Waals surface area contributed by atoms with Crippen LogP contribution in [0, 0.1) is 17.0 Å². The third-order valence-corrected chi connectivity index (χ3v) is 3.26. The monoisotopic (exact) mass is 307 g/mol. The second-order valence-electron chi connectivity index (χ2n) is 4.70. The lowest BCUT2D eigenvalue weighted by molar-refractivity contribution is -0.385. The van der Waals surface area contributed by atoms with Crippen molar-refractivity contribution in [2.75, 3.05) is 0 Å². The van der Waals surface area contributed by atoms with Gasteiger partial charge in [0.1, 0.15) is 5.75 Å². The van der Waals surface area contributed by atoms with Gasteiger partial charge in [-0.3, -0.25) is 10.1 Å². The normalized spacial score (nSPS) is 12.0. The number of aliphatic hydroxyl groups excluding tert-OH is 1. The molecule has 0 aliphatic heterocycles. The van der Waals surface area contributed by atoms with Gasteiger partial charge in [-0.2, -0.15) is 0 Å². The van der Waals surface area contributed by atoms with Gasteiger partial charge in [0.05, 0.1) is 16.0 Å². The Bertz CT molecular complexity index is 685. The molecule has 0 heterocycles. The highest BCUT2D eigenvalue weighted by molar-refractivity contribution is 6.32. The quantitative estimate of drug-likeness (QED) is 0.671. The summed E-state index contributed by atoms with van der Waals surface area (Å²) in [6.45, 7) is 3.42. The van der Waals surface area contributed by atoms with E-state index in [-0.39, 0.29) is 11.4 Å². The summed E-state index contributed by atoms with van der Waals surface area (Å²) in [7, 11) is 0. The minimum Gasteiger partial charge on any atom is -0.449 e. The van der Waals surface area contributed by atoms with E-state index in [0.717, 1.165) is 5.56 Å². The number of rotatable bonds is 4. The standard InChI is InChI=1S/C15H14ClNO4/c1-9-3-5-14(12(16)7-9)21-15-6-4-11(10(2)18)8-13(15)17(19)20/h3-8,10,18H,1-2H3/t10-/m0/s1. The Labute approximate surface area is 126 Å². The van der Waals surface area contributed by atoms with E-state index < -0.39 is 11.0 Å². The summed E-state index contributed by atoms with van der Waals surface area (Å²) in [5.74, 6) is 0.422. The topological polar surface area (TPSA) is 72.6 Å². The van der Waals surface area contributed by atoms with Crippen molar-refractivity contribution in [2.45, 2.75) is 20.0 Å². The van der Waals surface area contributed by atoms with Gasteiger partial charge >= 0.3 is 5.69 Å². The Kier molecular flexibility index (Phi) is 4.45. The Hall–Kier alpha value is -2.11. The molecule has 2 aromatic rings. The highest BCUT2D eigenvalue weighted by Gasteiger charge is 2.19. The molecule has 0 saturated heterocycles. The van der Waals surface area contributed by atoms with Crippen LogP contribution in [-0.2, 0) is 0 Å². The Morgan fingerprint density at radius 1 is 1.24 bits per heavy atom. The second-order valence-corrected chi connectivity index (χ2v) is 5.10. The number of ether oxygens (including phenoxy) is 1. The van der Waals surface area contributed by atoms with Gasteiger partial charge in [-0.1, -0.05) is 23.7 Å². The molecule has 110 valence electrons. The lowest BCUT2D eigenvalue weighted by Crippen LogP contribution is -1.98. The summed E-state index contributed by atoms with van der Waals surface area (Å²) in [6.07, 6.45) is -0.791. The third-order valence-electron chi connectivity index (χ3n) is 2.97. The first-order chi connectivity index (χ1) is 9.88. The van der Waals surface area contributed by atoms with Crippen LogP contribution in [0.4, 0.5) is 5.69 Å². The number of nitro benzene ring substituents is 1. The van der Waals surface area contributed by atoms with Crippen LogP contribution in [0.5, 0.6) is 11.5 Å². The van der Waals surface area contributed by atoms with Crippen molar-refractivity contribution < 1.29 is 14.8 Å². The third kappa shape index (κ3) is 3.51. The second kappa shape index (κ2) is 6.11. The zero-order valence-electron chi connectivity index (χ0n) is 11.5. The molecule has 0 bridgehead atoms. The number of aryl methyl sites for hydroxylation is 1. The fourth-order valence-electron chi connectivity index (χ4n) is 1.83. The van der Waals surface area contributed by atoms with E-state index in [1.165, 1.54) is 19.1 Å². The minimum absolute atomic E-state index is 0.0788. The Balaban J connectivity index is 2.41. The van der Waals surface area contributed by atoms with Gasteiger partial charge in [-0.25, -0.2) is 0 Å². The van der Waals surface area contributed by atoms with Crippen LogP contribution in [0.15, 0.2) is 36.4 Å². The summed E-state index contributed by atoms with van der Waals surface area (Å²) in [6, 6.07) is 9.50. The summed E-state index contributed by atoms with van der Waals surface area (Å²) >= 11 is 6.06. The van der Waals surface area contributed by atoms with Crippen LogP contribution in [-0.4, -0.2) is 10.0 Å². The number of benzene rings is 2. The van der Waals surface area contributed by atoms with Crippen LogP contribution in [0.25, 0.3) is 0 Å². The van der Waals surface area contributed by atoms with Crippen molar-refractivity contribution in [2.24, 2.45) is 0 Å². The summed E-state index contributed by atoms with van der Waals surface area (Å²) < 4.78 is 5.54. The molecule has 0 saturated carbocycles. The molecule has 1 N–H and O–H groups in total. The molecule has 0 unspecified atom stereocenters. The van der Waals surface area contributed by atoms with Gasteiger partial charge in [0, 0.05) is 6.07 Å². The lowest BCUT2D eigenvalue weighted by atomic mass is 10.1. The van der Waals surface area contributed by atoms with E-state index in [2.05, 4.69) is 0 Å². The van der Waals surface area contributed by atoms with E-state index in [1.54, 1.807) is 24.3 Å². The molecule has 0 aliphatic rings. The average molecular weight is 308 g/mol. The zero-order valence-corrected chi connectivity index (χ0v) is 12.3. The SMILES string of the molecule is Cc1ccc(Oc2ccc([C@H](C)O)cc2[N+](=O)[O-])c(Cl)c1. The van der Waals surface area contributed by atoms with Crippen molar-refractivity contribution in [3.05, 3.63) is 62.7 Å². The van der Waals surface area contributed by atoms with Crippen LogP contribution >= 0.6 is 11.6 Å². The molecule has 0 fully saturated rings. The predicted octanol–water partition coefficient (Wildman–Crippen LogP) is 4.40. The maximum atomic E-state index is 11.1. The number of nitro groups is 1. The molecule has 2 aromatic carbocycles. The van der Waals surface area contributed by atoms with E-state index in [1.807, 2.05) is 6.92 Å². The molecular formula is C15H14ClNO4. The minimum atomic E-state index is -0.791. The first kappa shape index (κ1) is 15.3. The largest absolute Gasteiger partial charge is 0.449 e. The van der Waals surface area contributed by atoms with Gasteiger partial charge in [0.2, 0.25) is 5.75 Å². The van der Waals surface area contributed by atoms with E-state index in [0.29, 0.717) is 16.3 Å². The van der Waals surface area contributed by atoms with Gasteiger partial charge in [0.15, 0.2) is 0 Å². The molecule has 21 heavy (non-hydrogen) atoms. The number of aliphatic hydroxyl groups is 1. The highest BCUT2D eigenvalue weighted by atomic mass is 35.5. The smallest absolute Gasteiger partial charge is 0.311 e. The van der Waals surface area contributed by atoms with Crippen molar-refractivity contribution in [1.82, 2.24) is 0 Å². The van der Waals surface area contributed by atoms with Gasteiger partial charge in [-0.05, 0) is 43.2 Å². The first-order valence-electron chi connectivity index (χ1n) is 6.29. The molecular weight excluding hydrogens is 294 g/mol. The molecule has 1 atom stereocenters. The molecule has 5 nitrogen and oxygen atoms in total. The molecule has 0 spiro atoms. The maximum absolute atomic E-state index is 11.1. The number of hydrogen-bond donors (Lipinski definition) is 1. The maximum Gasteiger partial charge on any atom is 0.311 e.